The zero-order valence-corrected chi connectivity index (χ0v) is 14.3. The van der Waals surface area contributed by atoms with Gasteiger partial charge in [0.2, 0.25) is 5.13 Å². The lowest BCUT2D eigenvalue weighted by molar-refractivity contribution is -0.384. The van der Waals surface area contributed by atoms with Gasteiger partial charge in [-0.05, 0) is 19.9 Å². The zero-order valence-electron chi connectivity index (χ0n) is 12.8. The monoisotopic (exact) mass is 368 g/mol. The van der Waals surface area contributed by atoms with Crippen molar-refractivity contribution in [2.75, 3.05) is 12.0 Å². The summed E-state index contributed by atoms with van der Waals surface area (Å²) in [4.78, 5) is 26.6. The summed E-state index contributed by atoms with van der Waals surface area (Å²) in [6.45, 7) is 3.70. The smallest absolute Gasteiger partial charge is 0.350 e. The van der Waals surface area contributed by atoms with Crippen LogP contribution in [0.1, 0.15) is 27.9 Å². The van der Waals surface area contributed by atoms with E-state index in [1.165, 1.54) is 18.3 Å². The number of ether oxygens (including phenoxy) is 1. The fraction of sp³-hybridized carbons (Fsp3) is 0.214. The van der Waals surface area contributed by atoms with Gasteiger partial charge in [0.15, 0.2) is 0 Å². The van der Waals surface area contributed by atoms with Crippen molar-refractivity contribution in [1.29, 1.82) is 0 Å². The number of hydrogen-bond acceptors (Lipinski definition) is 8. The molecule has 0 aliphatic rings. The van der Waals surface area contributed by atoms with Crippen molar-refractivity contribution in [3.05, 3.63) is 49.5 Å². The fourth-order valence-electron chi connectivity index (χ4n) is 1.74. The van der Waals surface area contributed by atoms with Gasteiger partial charge in [-0.3, -0.25) is 15.5 Å². The van der Waals surface area contributed by atoms with Crippen LogP contribution >= 0.6 is 22.9 Å². The number of carbonyl (C=O) groups excluding carboxylic acids is 1. The van der Waals surface area contributed by atoms with Crippen molar-refractivity contribution >= 4 is 45.9 Å². The number of benzene rings is 1. The van der Waals surface area contributed by atoms with Crippen molar-refractivity contribution in [1.82, 2.24) is 4.98 Å². The summed E-state index contributed by atoms with van der Waals surface area (Å²) >= 11 is 6.86. The highest BCUT2D eigenvalue weighted by Gasteiger charge is 2.16. The molecule has 0 radical (unpaired) electrons. The molecule has 1 N–H and O–H groups in total. The van der Waals surface area contributed by atoms with Crippen molar-refractivity contribution in [3.63, 3.8) is 0 Å². The summed E-state index contributed by atoms with van der Waals surface area (Å²) in [5.74, 6) is -0.433. The Hall–Kier alpha value is -2.52. The summed E-state index contributed by atoms with van der Waals surface area (Å²) in [6.07, 6.45) is 1.39. The van der Waals surface area contributed by atoms with Crippen molar-refractivity contribution < 1.29 is 14.5 Å². The van der Waals surface area contributed by atoms with Gasteiger partial charge < -0.3 is 4.74 Å². The highest BCUT2D eigenvalue weighted by molar-refractivity contribution is 7.17. The minimum Gasteiger partial charge on any atom is -0.462 e. The molecule has 1 aromatic heterocycles. The average Bonchev–Trinajstić information content (AvgIpc) is 2.90. The maximum Gasteiger partial charge on any atom is 0.350 e. The van der Waals surface area contributed by atoms with E-state index < -0.39 is 10.9 Å². The Balaban J connectivity index is 2.10. The lowest BCUT2D eigenvalue weighted by Crippen LogP contribution is -2.03. The number of hydrazone groups is 1. The summed E-state index contributed by atoms with van der Waals surface area (Å²) in [5.41, 5.74) is 3.52. The van der Waals surface area contributed by atoms with Gasteiger partial charge in [-0.25, -0.2) is 9.78 Å². The minimum atomic E-state index is -0.567. The first kappa shape index (κ1) is 17.8. The Morgan fingerprint density at radius 3 is 3.00 bits per heavy atom. The molecule has 126 valence electrons. The minimum absolute atomic E-state index is 0.0553. The van der Waals surface area contributed by atoms with Gasteiger partial charge in [-0.2, -0.15) is 5.10 Å². The van der Waals surface area contributed by atoms with E-state index in [0.717, 1.165) is 11.3 Å². The molecule has 0 atom stereocenters. The molecule has 0 bridgehead atoms. The Morgan fingerprint density at radius 2 is 2.33 bits per heavy atom. The van der Waals surface area contributed by atoms with Gasteiger partial charge in [-0.15, -0.1) is 0 Å². The average molecular weight is 369 g/mol. The first-order valence-corrected chi connectivity index (χ1v) is 7.99. The fourth-order valence-corrected chi connectivity index (χ4v) is 2.74. The largest absolute Gasteiger partial charge is 0.462 e. The number of nitro groups is 1. The number of carbonyl (C=O) groups is 1. The van der Waals surface area contributed by atoms with Crippen LogP contribution < -0.4 is 5.43 Å². The lowest BCUT2D eigenvalue weighted by atomic mass is 10.2. The van der Waals surface area contributed by atoms with Crippen molar-refractivity contribution in [2.24, 2.45) is 5.10 Å². The predicted octanol–water partition coefficient (Wildman–Crippen LogP) is 3.64. The maximum atomic E-state index is 11.7. The van der Waals surface area contributed by atoms with Crippen LogP contribution in [0, 0.1) is 17.0 Å². The number of aromatic nitrogens is 1. The molecule has 0 saturated carbocycles. The highest BCUT2D eigenvalue weighted by Crippen LogP contribution is 2.25. The molecule has 1 aromatic carbocycles. The first-order valence-electron chi connectivity index (χ1n) is 6.80. The first-order chi connectivity index (χ1) is 11.4. The van der Waals surface area contributed by atoms with E-state index in [9.17, 15) is 14.9 Å². The third kappa shape index (κ3) is 4.27. The second-order valence-electron chi connectivity index (χ2n) is 4.49. The number of nitrogens with zero attached hydrogens (tertiary/aromatic N) is 3. The van der Waals surface area contributed by atoms with E-state index >= 15 is 0 Å². The van der Waals surface area contributed by atoms with Gasteiger partial charge in [-0.1, -0.05) is 29.0 Å². The number of nitro benzene ring substituents is 1. The Bertz CT molecular complexity index is 806. The maximum absolute atomic E-state index is 11.7. The van der Waals surface area contributed by atoms with Crippen LogP contribution in [0.25, 0.3) is 0 Å². The van der Waals surface area contributed by atoms with E-state index in [1.807, 2.05) is 0 Å². The van der Waals surface area contributed by atoms with E-state index in [1.54, 1.807) is 19.9 Å². The Kier molecular flexibility index (Phi) is 5.83. The summed E-state index contributed by atoms with van der Waals surface area (Å²) in [7, 11) is 0. The standard InChI is InChI=1S/C14H13ClN4O4S/c1-3-23-13(20)12-8(2)17-14(24-12)18-16-7-9-4-5-10(15)11(6-9)19(21)22/h4-7H,3H2,1-2H3,(H,17,18)/b16-7+. The van der Waals surface area contributed by atoms with Gasteiger partial charge in [0, 0.05) is 11.6 Å². The quantitative estimate of drug-likeness (QED) is 0.361. The van der Waals surface area contributed by atoms with Crippen LogP contribution in [-0.4, -0.2) is 28.7 Å². The lowest BCUT2D eigenvalue weighted by Gasteiger charge is -1.98. The van der Waals surface area contributed by atoms with Gasteiger partial charge in [0.1, 0.15) is 9.90 Å². The molecule has 0 spiro atoms. The molecule has 0 saturated heterocycles. The predicted molar refractivity (Wildman–Crippen MR) is 92.1 cm³/mol. The topological polar surface area (TPSA) is 107 Å². The number of halogens is 1. The second kappa shape index (κ2) is 7.84. The van der Waals surface area contributed by atoms with Gasteiger partial charge >= 0.3 is 5.97 Å². The molecule has 0 aliphatic heterocycles. The molecular weight excluding hydrogens is 356 g/mol. The molecule has 1 heterocycles. The van der Waals surface area contributed by atoms with E-state index in [4.69, 9.17) is 16.3 Å². The molecule has 0 fully saturated rings. The molecule has 2 aromatic rings. The van der Waals surface area contributed by atoms with Crippen LogP contribution in [-0.2, 0) is 4.74 Å². The van der Waals surface area contributed by atoms with Crippen LogP contribution in [0.2, 0.25) is 5.02 Å². The molecule has 8 nitrogen and oxygen atoms in total. The summed E-state index contributed by atoms with van der Waals surface area (Å²) in [5, 5.41) is 15.3. The third-order valence-electron chi connectivity index (χ3n) is 2.80. The van der Waals surface area contributed by atoms with Crippen LogP contribution in [0.15, 0.2) is 23.3 Å². The number of nitrogens with one attached hydrogen (secondary N) is 1. The Morgan fingerprint density at radius 1 is 1.58 bits per heavy atom. The summed E-state index contributed by atoms with van der Waals surface area (Å²) < 4.78 is 4.93. The molecule has 2 rings (SSSR count). The van der Waals surface area contributed by atoms with Crippen LogP contribution in [0.5, 0.6) is 0 Å². The molecule has 10 heteroatoms. The van der Waals surface area contributed by atoms with Gasteiger partial charge in [0.05, 0.1) is 23.4 Å². The van der Waals surface area contributed by atoms with E-state index in [0.29, 0.717) is 21.3 Å². The van der Waals surface area contributed by atoms with E-state index in [2.05, 4.69) is 15.5 Å². The van der Waals surface area contributed by atoms with E-state index in [-0.39, 0.29) is 17.3 Å². The second-order valence-corrected chi connectivity index (χ2v) is 5.90. The number of anilines is 1. The van der Waals surface area contributed by atoms with Crippen molar-refractivity contribution in [2.45, 2.75) is 13.8 Å². The van der Waals surface area contributed by atoms with Crippen LogP contribution in [0.3, 0.4) is 0 Å². The molecule has 24 heavy (non-hydrogen) atoms. The summed E-state index contributed by atoms with van der Waals surface area (Å²) in [6, 6.07) is 4.33. The molecule has 0 aliphatic carbocycles. The highest BCUT2D eigenvalue weighted by atomic mass is 35.5. The normalized spacial score (nSPS) is 10.8. The number of rotatable bonds is 6. The zero-order chi connectivity index (χ0) is 17.7. The number of aryl methyl sites for hydroxylation is 1. The molecule has 0 amide bonds. The number of esters is 1. The van der Waals surface area contributed by atoms with Crippen LogP contribution in [0.4, 0.5) is 10.8 Å². The third-order valence-corrected chi connectivity index (χ3v) is 4.16. The number of thiazole rings is 1. The number of hydrogen-bond donors (Lipinski definition) is 1. The Labute approximate surface area is 146 Å². The van der Waals surface area contributed by atoms with Crippen molar-refractivity contribution in [3.8, 4) is 0 Å². The SMILES string of the molecule is CCOC(=O)c1sc(N/N=C/c2ccc(Cl)c([N+](=O)[O-])c2)nc1C. The molecular formula is C14H13ClN4O4S. The van der Waals surface area contributed by atoms with Gasteiger partial charge in [0.25, 0.3) is 5.69 Å². The molecule has 0 unspecified atom stereocenters.